The number of nitriles is 1. The summed E-state index contributed by atoms with van der Waals surface area (Å²) < 4.78 is 70.5. The molecular formula is C29H23F5N2OS2. The maximum Gasteiger partial charge on any atom is 0.417 e. The van der Waals surface area contributed by atoms with Crippen LogP contribution in [0.4, 0.5) is 22.0 Å². The van der Waals surface area contributed by atoms with Crippen LogP contribution in [0.15, 0.2) is 63.6 Å². The number of alkyl halides is 3. The van der Waals surface area contributed by atoms with Gasteiger partial charge in [0.05, 0.1) is 22.7 Å². The molecule has 0 atom stereocenters. The first-order valence-electron chi connectivity index (χ1n) is 12.1. The van der Waals surface area contributed by atoms with Crippen molar-refractivity contribution in [2.45, 2.75) is 44.3 Å². The minimum atomic E-state index is -4.96. The third kappa shape index (κ3) is 6.26. The van der Waals surface area contributed by atoms with Gasteiger partial charge in [-0.3, -0.25) is 4.79 Å². The van der Waals surface area contributed by atoms with Crippen LogP contribution in [0.1, 0.15) is 42.5 Å². The molecule has 0 unspecified atom stereocenters. The summed E-state index contributed by atoms with van der Waals surface area (Å²) in [5.41, 5.74) is -1.10. The predicted molar refractivity (Wildman–Crippen MR) is 145 cm³/mol. The van der Waals surface area contributed by atoms with Gasteiger partial charge in [0, 0.05) is 16.5 Å². The van der Waals surface area contributed by atoms with E-state index in [2.05, 4.69) is 13.0 Å². The van der Waals surface area contributed by atoms with Crippen LogP contribution in [-0.2, 0) is 19.1 Å². The molecule has 39 heavy (non-hydrogen) atoms. The molecule has 2 aromatic carbocycles. The van der Waals surface area contributed by atoms with E-state index in [9.17, 15) is 32.0 Å². The van der Waals surface area contributed by atoms with Crippen LogP contribution in [-0.4, -0.2) is 10.3 Å². The van der Waals surface area contributed by atoms with Crippen LogP contribution < -0.4 is 5.56 Å². The zero-order chi connectivity index (χ0) is 28.3. The summed E-state index contributed by atoms with van der Waals surface area (Å²) in [5, 5.41) is 11.2. The van der Waals surface area contributed by atoms with Crippen molar-refractivity contribution in [1.82, 2.24) is 4.57 Å². The molecule has 0 aliphatic carbocycles. The number of nitrogens with zero attached hydrogens (tertiary/aromatic N) is 2. The van der Waals surface area contributed by atoms with E-state index in [1.165, 1.54) is 6.07 Å². The Morgan fingerprint density at radius 2 is 1.79 bits per heavy atom. The van der Waals surface area contributed by atoms with E-state index in [0.717, 1.165) is 74.3 Å². The lowest BCUT2D eigenvalue weighted by atomic mass is 10.0. The van der Waals surface area contributed by atoms with E-state index in [-0.39, 0.29) is 11.3 Å². The second-order valence-corrected chi connectivity index (χ2v) is 10.9. The number of hydrogen-bond donors (Lipinski definition) is 0. The van der Waals surface area contributed by atoms with E-state index in [4.69, 9.17) is 0 Å². The third-order valence-electron chi connectivity index (χ3n) is 6.09. The number of aryl methyl sites for hydroxylation is 1. The average Bonchev–Trinajstić information content (AvgIpc) is 3.39. The molecule has 202 valence electrons. The average molecular weight is 575 g/mol. The Balaban J connectivity index is 1.89. The summed E-state index contributed by atoms with van der Waals surface area (Å²) in [6.45, 7) is 3.64. The fourth-order valence-corrected chi connectivity index (χ4v) is 5.94. The van der Waals surface area contributed by atoms with Gasteiger partial charge in [0.15, 0.2) is 0 Å². The highest BCUT2D eigenvalue weighted by atomic mass is 32.2. The first-order chi connectivity index (χ1) is 18.5. The highest BCUT2D eigenvalue weighted by molar-refractivity contribution is 7.99. The monoisotopic (exact) mass is 574 g/mol. The molecule has 0 amide bonds. The molecule has 3 nitrogen and oxygen atoms in total. The van der Waals surface area contributed by atoms with Gasteiger partial charge in [-0.2, -0.15) is 18.4 Å². The Bertz CT molecular complexity index is 1620. The van der Waals surface area contributed by atoms with E-state index in [1.807, 2.05) is 19.1 Å². The van der Waals surface area contributed by atoms with Gasteiger partial charge in [-0.05, 0) is 71.0 Å². The van der Waals surface area contributed by atoms with E-state index < -0.39 is 41.0 Å². The molecule has 0 saturated heterocycles. The summed E-state index contributed by atoms with van der Waals surface area (Å²) in [5.74, 6) is -0.839. The first kappa shape index (κ1) is 28.6. The predicted octanol–water partition coefficient (Wildman–Crippen LogP) is 8.53. The van der Waals surface area contributed by atoms with Crippen LogP contribution in [0.2, 0.25) is 0 Å². The number of aromatic nitrogens is 1. The Kier molecular flexibility index (Phi) is 8.62. The zero-order valence-corrected chi connectivity index (χ0v) is 22.7. The van der Waals surface area contributed by atoms with E-state index in [0.29, 0.717) is 10.9 Å². The maximum atomic E-state index is 14.5. The smallest absolute Gasteiger partial charge is 0.302 e. The van der Waals surface area contributed by atoms with Gasteiger partial charge in [-0.15, -0.1) is 23.1 Å². The number of hydrogen-bond acceptors (Lipinski definition) is 4. The molecule has 0 bridgehead atoms. The Labute approximate surface area is 230 Å². The fourth-order valence-electron chi connectivity index (χ4n) is 4.12. The number of rotatable bonds is 8. The lowest BCUT2D eigenvalue weighted by Gasteiger charge is -2.17. The van der Waals surface area contributed by atoms with Crippen LogP contribution in [0, 0.1) is 23.0 Å². The highest BCUT2D eigenvalue weighted by Crippen LogP contribution is 2.38. The van der Waals surface area contributed by atoms with Crippen molar-refractivity contribution >= 4 is 23.1 Å². The summed E-state index contributed by atoms with van der Waals surface area (Å²) >= 11 is 2.86. The van der Waals surface area contributed by atoms with Crippen molar-refractivity contribution in [2.24, 2.45) is 0 Å². The molecule has 4 aromatic rings. The van der Waals surface area contributed by atoms with Gasteiger partial charge < -0.3 is 4.57 Å². The molecule has 0 radical (unpaired) electrons. The minimum Gasteiger partial charge on any atom is -0.302 e. The SMILES string of the molecule is CCCSc1cc(CC)cc(-c2csc(-c3cc(C(F)(F)F)c(C#N)c(=O)n3Cc3ccc(F)cc3F)c2)c1. The van der Waals surface area contributed by atoms with Crippen molar-refractivity contribution < 1.29 is 22.0 Å². The number of thioether (sulfide) groups is 1. The molecule has 2 aromatic heterocycles. The highest BCUT2D eigenvalue weighted by Gasteiger charge is 2.36. The van der Waals surface area contributed by atoms with E-state index >= 15 is 0 Å². The molecule has 0 N–H and O–H groups in total. The zero-order valence-electron chi connectivity index (χ0n) is 21.0. The second kappa shape index (κ2) is 11.8. The lowest BCUT2D eigenvalue weighted by Crippen LogP contribution is -2.28. The van der Waals surface area contributed by atoms with Crippen molar-refractivity contribution in [1.29, 1.82) is 5.26 Å². The number of thiophene rings is 1. The summed E-state index contributed by atoms with van der Waals surface area (Å²) in [6, 6.07) is 12.7. The normalized spacial score (nSPS) is 11.5. The van der Waals surface area contributed by atoms with Crippen molar-refractivity contribution in [3.05, 3.63) is 98.2 Å². The Morgan fingerprint density at radius 1 is 1.03 bits per heavy atom. The number of benzene rings is 2. The Hall–Kier alpha value is -3.42. The van der Waals surface area contributed by atoms with Gasteiger partial charge in [0.1, 0.15) is 23.3 Å². The third-order valence-corrected chi connectivity index (χ3v) is 8.23. The molecule has 0 saturated carbocycles. The standard InChI is InChI=1S/C29H23F5N2OS2/c1-3-7-38-22-9-17(4-2)8-19(10-22)20-11-27(39-16-20)26-13-24(29(32,33)34)23(14-35)28(37)36(26)15-18-5-6-21(30)12-25(18)31/h5-6,8-13,16H,3-4,7,15H2,1-2H3. The van der Waals surface area contributed by atoms with Crippen molar-refractivity contribution in [3.63, 3.8) is 0 Å². The van der Waals surface area contributed by atoms with Gasteiger partial charge >= 0.3 is 6.18 Å². The molecule has 10 heteroatoms. The molecule has 0 spiro atoms. The largest absolute Gasteiger partial charge is 0.417 e. The minimum absolute atomic E-state index is 0.103. The van der Waals surface area contributed by atoms with Gasteiger partial charge in [-0.1, -0.05) is 26.0 Å². The molecule has 0 aliphatic heterocycles. The lowest BCUT2D eigenvalue weighted by molar-refractivity contribution is -0.137. The molecule has 0 aliphatic rings. The molecule has 4 rings (SSSR count). The maximum absolute atomic E-state index is 14.5. The van der Waals surface area contributed by atoms with Gasteiger partial charge in [0.25, 0.3) is 5.56 Å². The van der Waals surface area contributed by atoms with Crippen LogP contribution in [0.3, 0.4) is 0 Å². The summed E-state index contributed by atoms with van der Waals surface area (Å²) in [6.07, 6.45) is -3.15. The van der Waals surface area contributed by atoms with Crippen LogP contribution in [0.5, 0.6) is 0 Å². The van der Waals surface area contributed by atoms with Crippen LogP contribution in [0.25, 0.3) is 21.7 Å². The number of halogens is 5. The molecule has 0 fully saturated rings. The quantitative estimate of drug-likeness (QED) is 0.157. The summed E-state index contributed by atoms with van der Waals surface area (Å²) in [4.78, 5) is 14.6. The fraction of sp³-hybridized carbons (Fsp3) is 0.241. The van der Waals surface area contributed by atoms with Gasteiger partial charge in [-0.25, -0.2) is 8.78 Å². The first-order valence-corrected chi connectivity index (χ1v) is 14.0. The second-order valence-electron chi connectivity index (χ2n) is 8.82. The topological polar surface area (TPSA) is 45.8 Å². The molecule has 2 heterocycles. The van der Waals surface area contributed by atoms with Crippen molar-refractivity contribution in [3.8, 4) is 27.8 Å². The van der Waals surface area contributed by atoms with Crippen molar-refractivity contribution in [2.75, 3.05) is 5.75 Å². The number of pyridine rings is 1. The molecular weight excluding hydrogens is 551 g/mol. The van der Waals surface area contributed by atoms with E-state index in [1.54, 1.807) is 23.2 Å². The Morgan fingerprint density at radius 3 is 2.44 bits per heavy atom. The van der Waals surface area contributed by atoms with Gasteiger partial charge in [0.2, 0.25) is 0 Å². The summed E-state index contributed by atoms with van der Waals surface area (Å²) in [7, 11) is 0. The van der Waals surface area contributed by atoms with Crippen LogP contribution >= 0.6 is 23.1 Å².